The number of methoxy groups -OCH3 is 1. The molecule has 1 aliphatic rings. The molecule has 1 heterocycles. The number of fused-ring (bicyclic) bond motifs is 1. The highest BCUT2D eigenvalue weighted by atomic mass is 16.5. The van der Waals surface area contributed by atoms with Gasteiger partial charge in [0.1, 0.15) is 46.2 Å². The molecule has 4 aromatic carbocycles. The second-order valence-corrected chi connectivity index (χ2v) is 9.32. The molecule has 6 N–H and O–H groups in total. The molecule has 9 nitrogen and oxygen atoms in total. The number of ether oxygens (including phenoxy) is 2. The zero-order chi connectivity index (χ0) is 28.8. The molecule has 0 fully saturated rings. The van der Waals surface area contributed by atoms with Crippen LogP contribution in [0.25, 0.3) is 0 Å². The first-order chi connectivity index (χ1) is 19.1. The SMILES string of the molecule is COc1ccc(C2CCc3ccc(O)cc3O2)cc1O.O=C(CCc1ccc(O)cc1)c1c(O)cc(O)cc1O. The van der Waals surface area contributed by atoms with Crippen molar-refractivity contribution in [2.45, 2.75) is 31.8 Å². The van der Waals surface area contributed by atoms with Gasteiger partial charge in [-0.3, -0.25) is 4.79 Å². The zero-order valence-corrected chi connectivity index (χ0v) is 21.7. The van der Waals surface area contributed by atoms with Crippen LogP contribution in [-0.4, -0.2) is 43.5 Å². The molecule has 208 valence electrons. The van der Waals surface area contributed by atoms with Gasteiger partial charge in [-0.05, 0) is 66.3 Å². The highest BCUT2D eigenvalue weighted by Gasteiger charge is 2.22. The Morgan fingerprint density at radius 2 is 1.48 bits per heavy atom. The number of ketones is 1. The van der Waals surface area contributed by atoms with Crippen molar-refractivity contribution < 1.29 is 44.9 Å². The minimum atomic E-state index is -0.446. The minimum Gasteiger partial charge on any atom is -0.508 e. The van der Waals surface area contributed by atoms with Crippen LogP contribution in [-0.2, 0) is 12.8 Å². The van der Waals surface area contributed by atoms with Crippen LogP contribution in [0.1, 0.15) is 46.0 Å². The molecule has 0 amide bonds. The molecule has 1 unspecified atom stereocenters. The molecule has 9 heteroatoms. The smallest absolute Gasteiger partial charge is 0.170 e. The summed E-state index contributed by atoms with van der Waals surface area (Å²) in [6, 6.07) is 18.9. The molecule has 0 bridgehead atoms. The first-order valence-corrected chi connectivity index (χ1v) is 12.6. The number of aryl methyl sites for hydroxylation is 2. The summed E-state index contributed by atoms with van der Waals surface area (Å²) in [7, 11) is 1.52. The average Bonchev–Trinajstić information content (AvgIpc) is 2.92. The number of rotatable bonds is 6. The third kappa shape index (κ3) is 6.68. The number of phenolic OH excluding ortho intramolecular Hbond substituents is 6. The van der Waals surface area contributed by atoms with E-state index in [2.05, 4.69) is 0 Å². The predicted octanol–water partition coefficient (Wildman–Crippen LogP) is 5.50. The lowest BCUT2D eigenvalue weighted by Crippen LogP contribution is -2.15. The van der Waals surface area contributed by atoms with Crippen LogP contribution in [0.4, 0.5) is 0 Å². The summed E-state index contributed by atoms with van der Waals surface area (Å²) in [5.74, 6) is -0.0232. The van der Waals surface area contributed by atoms with Crippen LogP contribution in [0.5, 0.6) is 46.0 Å². The quantitative estimate of drug-likeness (QED) is 0.172. The maximum absolute atomic E-state index is 12.0. The first kappa shape index (κ1) is 28.0. The number of hydrogen-bond acceptors (Lipinski definition) is 9. The minimum absolute atomic E-state index is 0.0939. The fraction of sp³-hybridized carbons (Fsp3) is 0.194. The molecular formula is C31H30O9. The maximum atomic E-state index is 12.0. The van der Waals surface area contributed by atoms with E-state index in [0.29, 0.717) is 17.9 Å². The van der Waals surface area contributed by atoms with Gasteiger partial charge >= 0.3 is 0 Å². The van der Waals surface area contributed by atoms with Gasteiger partial charge in [-0.25, -0.2) is 0 Å². The van der Waals surface area contributed by atoms with Crippen LogP contribution in [0.2, 0.25) is 0 Å². The molecule has 1 atom stereocenters. The second-order valence-electron chi connectivity index (χ2n) is 9.32. The Hall–Kier alpha value is -5.05. The lowest BCUT2D eigenvalue weighted by Gasteiger charge is -2.26. The third-order valence-electron chi connectivity index (χ3n) is 6.51. The molecule has 1 aliphatic heterocycles. The maximum Gasteiger partial charge on any atom is 0.170 e. The Morgan fingerprint density at radius 1 is 0.800 bits per heavy atom. The van der Waals surface area contributed by atoms with Gasteiger partial charge in [0, 0.05) is 24.6 Å². The van der Waals surface area contributed by atoms with Gasteiger partial charge in [-0.1, -0.05) is 24.3 Å². The van der Waals surface area contributed by atoms with Crippen molar-refractivity contribution in [3.63, 3.8) is 0 Å². The molecule has 0 aliphatic carbocycles. The van der Waals surface area contributed by atoms with Gasteiger partial charge in [0.15, 0.2) is 17.3 Å². The van der Waals surface area contributed by atoms with E-state index in [4.69, 9.17) is 14.6 Å². The molecule has 0 spiro atoms. The van der Waals surface area contributed by atoms with Crippen molar-refractivity contribution in [2.75, 3.05) is 7.11 Å². The van der Waals surface area contributed by atoms with Gasteiger partial charge in [-0.15, -0.1) is 0 Å². The van der Waals surface area contributed by atoms with Crippen LogP contribution < -0.4 is 9.47 Å². The van der Waals surface area contributed by atoms with Gasteiger partial charge in [0.2, 0.25) is 0 Å². The van der Waals surface area contributed by atoms with Gasteiger partial charge < -0.3 is 40.1 Å². The van der Waals surface area contributed by atoms with Gasteiger partial charge in [0.25, 0.3) is 0 Å². The van der Waals surface area contributed by atoms with E-state index in [0.717, 1.165) is 41.7 Å². The van der Waals surface area contributed by atoms with E-state index in [-0.39, 0.29) is 41.1 Å². The summed E-state index contributed by atoms with van der Waals surface area (Å²) < 4.78 is 11.0. The normalized spacial score (nSPS) is 13.8. The summed E-state index contributed by atoms with van der Waals surface area (Å²) in [4.78, 5) is 12.0. The van der Waals surface area contributed by atoms with Gasteiger partial charge in [0.05, 0.1) is 7.11 Å². The highest BCUT2D eigenvalue weighted by molar-refractivity contribution is 6.01. The number of aromatic hydroxyl groups is 6. The number of Topliss-reactive ketones (excluding diaryl/α,β-unsaturated/α-hetero) is 1. The lowest BCUT2D eigenvalue weighted by molar-refractivity contribution is 0.0977. The largest absolute Gasteiger partial charge is 0.508 e. The average molecular weight is 547 g/mol. The fourth-order valence-corrected chi connectivity index (χ4v) is 4.43. The van der Waals surface area contributed by atoms with Crippen molar-refractivity contribution in [3.8, 4) is 46.0 Å². The van der Waals surface area contributed by atoms with E-state index >= 15 is 0 Å². The first-order valence-electron chi connectivity index (χ1n) is 12.6. The van der Waals surface area contributed by atoms with Crippen molar-refractivity contribution in [1.29, 1.82) is 0 Å². The Morgan fingerprint density at radius 3 is 2.12 bits per heavy atom. The molecule has 4 aromatic rings. The Kier molecular flexibility index (Phi) is 8.54. The summed E-state index contributed by atoms with van der Waals surface area (Å²) in [6.07, 6.45) is 2.10. The van der Waals surface area contributed by atoms with Crippen LogP contribution in [0.15, 0.2) is 72.8 Å². The number of carbonyl (C=O) groups is 1. The van der Waals surface area contributed by atoms with Crippen molar-refractivity contribution in [3.05, 3.63) is 95.1 Å². The molecule has 0 radical (unpaired) electrons. The van der Waals surface area contributed by atoms with E-state index < -0.39 is 17.3 Å². The molecule has 0 aromatic heterocycles. The zero-order valence-electron chi connectivity index (χ0n) is 21.7. The number of benzene rings is 4. The van der Waals surface area contributed by atoms with E-state index in [9.17, 15) is 30.3 Å². The standard InChI is InChI=1S/C16H16O4.C15H14O5/c1-19-15-7-4-11(8-13(15)18)14-6-3-10-2-5-12(17)9-16(10)20-14;16-10-4-1-9(2-5-10)3-6-12(18)15-13(19)7-11(17)8-14(15)20/h2,4-5,7-9,14,17-18H,3,6H2,1H3;1-2,4-5,7-8,16-17,19-20H,3,6H2. The molecule has 0 saturated carbocycles. The van der Waals surface area contributed by atoms with Crippen molar-refractivity contribution in [2.24, 2.45) is 0 Å². The number of hydrogen-bond donors (Lipinski definition) is 6. The Bertz CT molecular complexity index is 1470. The van der Waals surface area contributed by atoms with Crippen molar-refractivity contribution in [1.82, 2.24) is 0 Å². The molecule has 5 rings (SSSR count). The monoisotopic (exact) mass is 546 g/mol. The topological polar surface area (TPSA) is 157 Å². The van der Waals surface area contributed by atoms with Gasteiger partial charge in [-0.2, -0.15) is 0 Å². The van der Waals surface area contributed by atoms with E-state index in [1.807, 2.05) is 12.1 Å². The molecule has 0 saturated heterocycles. The summed E-state index contributed by atoms with van der Waals surface area (Å²) in [5, 5.41) is 56.9. The van der Waals surface area contributed by atoms with E-state index in [1.165, 1.54) is 19.2 Å². The summed E-state index contributed by atoms with van der Waals surface area (Å²) >= 11 is 0. The predicted molar refractivity (Wildman–Crippen MR) is 147 cm³/mol. The number of carbonyl (C=O) groups excluding carboxylic acids is 1. The molecular weight excluding hydrogens is 516 g/mol. The van der Waals surface area contributed by atoms with E-state index in [1.54, 1.807) is 36.4 Å². The summed E-state index contributed by atoms with van der Waals surface area (Å²) in [5.41, 5.74) is 2.66. The van der Waals surface area contributed by atoms with Crippen LogP contribution >= 0.6 is 0 Å². The Balaban J connectivity index is 0.000000185. The lowest BCUT2D eigenvalue weighted by atomic mass is 9.97. The third-order valence-corrected chi connectivity index (χ3v) is 6.51. The van der Waals surface area contributed by atoms with Crippen LogP contribution in [0, 0.1) is 0 Å². The highest BCUT2D eigenvalue weighted by Crippen LogP contribution is 2.39. The Labute approximate surface area is 230 Å². The van der Waals surface area contributed by atoms with Crippen molar-refractivity contribution >= 4 is 5.78 Å². The summed E-state index contributed by atoms with van der Waals surface area (Å²) in [6.45, 7) is 0. The fourth-order valence-electron chi connectivity index (χ4n) is 4.43. The number of phenols is 6. The second kappa shape index (κ2) is 12.2. The molecule has 40 heavy (non-hydrogen) atoms. The van der Waals surface area contributed by atoms with Crippen LogP contribution in [0.3, 0.4) is 0 Å².